The van der Waals surface area contributed by atoms with Gasteiger partial charge in [0, 0.05) is 12.6 Å². The predicted molar refractivity (Wildman–Crippen MR) is 79.2 cm³/mol. The molecule has 3 nitrogen and oxygen atoms in total. The largest absolute Gasteiger partial charge is 0.353 e. The van der Waals surface area contributed by atoms with E-state index in [9.17, 15) is 4.79 Å². The maximum atomic E-state index is 12.7. The number of fused-ring (bicyclic) bond motifs is 5. The van der Waals surface area contributed by atoms with Crippen LogP contribution >= 0.6 is 0 Å². The van der Waals surface area contributed by atoms with E-state index in [0.717, 1.165) is 49.6 Å². The Morgan fingerprint density at radius 1 is 1.15 bits per heavy atom. The molecule has 0 aromatic rings. The summed E-state index contributed by atoms with van der Waals surface area (Å²) in [5, 5.41) is 6.85. The number of carbonyl (C=O) groups is 1. The third-order valence-electron chi connectivity index (χ3n) is 6.89. The number of carbonyl (C=O) groups excluding carboxylic acids is 1. The summed E-state index contributed by atoms with van der Waals surface area (Å²) in [6.45, 7) is 4.06. The fourth-order valence-electron chi connectivity index (χ4n) is 5.83. The average molecular weight is 276 g/mol. The van der Waals surface area contributed by atoms with Gasteiger partial charge in [-0.1, -0.05) is 6.42 Å². The van der Waals surface area contributed by atoms with Crippen molar-refractivity contribution in [2.45, 2.75) is 57.9 Å². The second kappa shape index (κ2) is 4.72. The fraction of sp³-hybridized carbons (Fsp3) is 0.941. The number of piperidine rings is 1. The molecule has 2 bridgehead atoms. The number of rotatable bonds is 2. The van der Waals surface area contributed by atoms with Crippen LogP contribution in [-0.2, 0) is 4.79 Å². The second-order valence-corrected chi connectivity index (χ2v) is 8.07. The van der Waals surface area contributed by atoms with Gasteiger partial charge in [-0.05, 0) is 75.7 Å². The Hall–Kier alpha value is -0.570. The third-order valence-corrected chi connectivity index (χ3v) is 6.89. The smallest absolute Gasteiger partial charge is 0.227 e. The van der Waals surface area contributed by atoms with Crippen LogP contribution in [0.5, 0.6) is 0 Å². The first-order chi connectivity index (χ1) is 9.67. The maximum absolute atomic E-state index is 12.7. The second-order valence-electron chi connectivity index (χ2n) is 8.07. The lowest BCUT2D eigenvalue weighted by atomic mass is 9.77. The Kier molecular flexibility index (Phi) is 3.10. The highest BCUT2D eigenvalue weighted by molar-refractivity contribution is 5.83. The van der Waals surface area contributed by atoms with Gasteiger partial charge in [-0.2, -0.15) is 0 Å². The molecule has 0 aromatic carbocycles. The lowest BCUT2D eigenvalue weighted by Crippen LogP contribution is -2.53. The summed E-state index contributed by atoms with van der Waals surface area (Å²) in [5.41, 5.74) is -0.171. The van der Waals surface area contributed by atoms with Crippen molar-refractivity contribution in [1.82, 2.24) is 10.6 Å². The Morgan fingerprint density at radius 3 is 2.80 bits per heavy atom. The monoisotopic (exact) mass is 276 g/mol. The summed E-state index contributed by atoms with van der Waals surface area (Å²) >= 11 is 0. The number of hydrogen-bond acceptors (Lipinski definition) is 2. The highest BCUT2D eigenvalue weighted by Gasteiger charge is 2.54. The minimum Gasteiger partial charge on any atom is -0.353 e. The molecule has 1 aliphatic heterocycles. The molecule has 4 fully saturated rings. The van der Waals surface area contributed by atoms with Crippen molar-refractivity contribution in [3.8, 4) is 0 Å². The quantitative estimate of drug-likeness (QED) is 0.812. The first-order valence-corrected chi connectivity index (χ1v) is 8.69. The molecule has 20 heavy (non-hydrogen) atoms. The van der Waals surface area contributed by atoms with E-state index in [1.54, 1.807) is 0 Å². The molecule has 6 atom stereocenters. The maximum Gasteiger partial charge on any atom is 0.227 e. The molecule has 6 unspecified atom stereocenters. The zero-order chi connectivity index (χ0) is 13.7. The topological polar surface area (TPSA) is 41.1 Å². The molecule has 0 radical (unpaired) electrons. The first-order valence-electron chi connectivity index (χ1n) is 8.69. The van der Waals surface area contributed by atoms with Crippen molar-refractivity contribution in [3.63, 3.8) is 0 Å². The van der Waals surface area contributed by atoms with Crippen LogP contribution < -0.4 is 10.6 Å². The van der Waals surface area contributed by atoms with E-state index >= 15 is 0 Å². The molecule has 2 N–H and O–H groups in total. The summed E-state index contributed by atoms with van der Waals surface area (Å²) in [5.74, 6) is 4.00. The lowest BCUT2D eigenvalue weighted by Gasteiger charge is -2.37. The molecular formula is C17H28N2O. The number of nitrogens with one attached hydrogen (secondary N) is 2. The van der Waals surface area contributed by atoms with Gasteiger partial charge in [0.05, 0.1) is 5.41 Å². The van der Waals surface area contributed by atoms with Crippen LogP contribution in [0.2, 0.25) is 0 Å². The Morgan fingerprint density at radius 2 is 2.00 bits per heavy atom. The van der Waals surface area contributed by atoms with Crippen LogP contribution in [0.3, 0.4) is 0 Å². The van der Waals surface area contributed by atoms with Crippen molar-refractivity contribution >= 4 is 5.91 Å². The molecule has 3 saturated carbocycles. The zero-order valence-corrected chi connectivity index (χ0v) is 12.7. The summed E-state index contributed by atoms with van der Waals surface area (Å²) in [4.78, 5) is 12.7. The molecule has 1 saturated heterocycles. The van der Waals surface area contributed by atoms with Gasteiger partial charge in [-0.15, -0.1) is 0 Å². The molecule has 0 spiro atoms. The molecule has 1 amide bonds. The third kappa shape index (κ3) is 1.93. The van der Waals surface area contributed by atoms with Crippen LogP contribution in [0.4, 0.5) is 0 Å². The summed E-state index contributed by atoms with van der Waals surface area (Å²) < 4.78 is 0. The summed E-state index contributed by atoms with van der Waals surface area (Å²) in [7, 11) is 0. The van der Waals surface area contributed by atoms with Gasteiger partial charge >= 0.3 is 0 Å². The van der Waals surface area contributed by atoms with Gasteiger partial charge < -0.3 is 10.6 Å². The van der Waals surface area contributed by atoms with Gasteiger partial charge in [0.1, 0.15) is 0 Å². The van der Waals surface area contributed by atoms with Gasteiger partial charge in [0.2, 0.25) is 5.91 Å². The van der Waals surface area contributed by atoms with E-state index < -0.39 is 0 Å². The molecule has 0 aromatic heterocycles. The number of hydrogen-bond donors (Lipinski definition) is 2. The van der Waals surface area contributed by atoms with Crippen LogP contribution in [-0.4, -0.2) is 25.0 Å². The Balaban J connectivity index is 1.41. The standard InChI is InChI=1S/C17H28N2O/c1-17(6-3-7-18-10-17)16(20)19-15-9-11-8-14(15)13-5-2-4-12(11)13/h11-15,18H,2-10H2,1H3,(H,19,20). The molecule has 1 heterocycles. The molecular weight excluding hydrogens is 248 g/mol. The van der Waals surface area contributed by atoms with E-state index in [1.807, 2.05) is 0 Å². The lowest BCUT2D eigenvalue weighted by molar-refractivity contribution is -0.132. The average Bonchev–Trinajstić information content (AvgIpc) is 3.11. The van der Waals surface area contributed by atoms with Crippen molar-refractivity contribution in [2.75, 3.05) is 13.1 Å². The van der Waals surface area contributed by atoms with Crippen LogP contribution in [0, 0.1) is 29.1 Å². The Bertz CT molecular complexity index is 402. The highest BCUT2D eigenvalue weighted by Crippen LogP contribution is 2.58. The van der Waals surface area contributed by atoms with Gasteiger partial charge in [-0.3, -0.25) is 4.79 Å². The van der Waals surface area contributed by atoms with E-state index in [0.29, 0.717) is 11.9 Å². The normalized spacial score (nSPS) is 50.1. The first kappa shape index (κ1) is 13.1. The predicted octanol–water partition coefficient (Wildman–Crippen LogP) is 2.32. The van der Waals surface area contributed by atoms with Crippen molar-refractivity contribution in [2.24, 2.45) is 29.1 Å². The van der Waals surface area contributed by atoms with Crippen LogP contribution in [0.25, 0.3) is 0 Å². The van der Waals surface area contributed by atoms with E-state index in [4.69, 9.17) is 0 Å². The minimum absolute atomic E-state index is 0.171. The van der Waals surface area contributed by atoms with E-state index in [2.05, 4.69) is 17.6 Å². The van der Waals surface area contributed by atoms with Crippen LogP contribution in [0.15, 0.2) is 0 Å². The zero-order valence-electron chi connectivity index (χ0n) is 12.7. The fourth-order valence-corrected chi connectivity index (χ4v) is 5.83. The van der Waals surface area contributed by atoms with Gasteiger partial charge in [0.25, 0.3) is 0 Å². The molecule has 3 aliphatic carbocycles. The van der Waals surface area contributed by atoms with Gasteiger partial charge in [0.15, 0.2) is 0 Å². The SMILES string of the molecule is CC1(C(=O)NC2CC3CC2C2CCCC32)CCCNC1. The summed E-state index contributed by atoms with van der Waals surface area (Å²) in [6, 6.07) is 0.491. The van der Waals surface area contributed by atoms with Crippen LogP contribution in [0.1, 0.15) is 51.9 Å². The Labute approximate surface area is 122 Å². The molecule has 112 valence electrons. The molecule has 4 rings (SSSR count). The molecule has 3 heteroatoms. The molecule has 4 aliphatic rings. The minimum atomic E-state index is -0.171. The summed E-state index contributed by atoms with van der Waals surface area (Å²) in [6.07, 6.45) is 9.16. The van der Waals surface area contributed by atoms with Crippen molar-refractivity contribution in [1.29, 1.82) is 0 Å². The van der Waals surface area contributed by atoms with Crippen molar-refractivity contribution < 1.29 is 4.79 Å². The highest BCUT2D eigenvalue weighted by atomic mass is 16.2. The number of amides is 1. The van der Waals surface area contributed by atoms with Gasteiger partial charge in [-0.25, -0.2) is 0 Å². The van der Waals surface area contributed by atoms with E-state index in [-0.39, 0.29) is 5.41 Å². The van der Waals surface area contributed by atoms with Crippen molar-refractivity contribution in [3.05, 3.63) is 0 Å². The van der Waals surface area contributed by atoms with E-state index in [1.165, 1.54) is 32.1 Å².